The molecule has 0 aliphatic carbocycles. The molecule has 0 amide bonds. The largest absolute Gasteiger partial charge is 0.313 e. The van der Waals surface area contributed by atoms with Gasteiger partial charge in [-0.05, 0) is 19.9 Å². The van der Waals surface area contributed by atoms with Crippen LogP contribution in [0.25, 0.3) is 0 Å². The molecule has 0 radical (unpaired) electrons. The van der Waals surface area contributed by atoms with Crippen molar-refractivity contribution in [1.82, 2.24) is 5.32 Å². The molecule has 0 spiro atoms. The van der Waals surface area contributed by atoms with Crippen LogP contribution in [-0.2, 0) is 0 Å². The number of allylic oxidation sites excluding steroid dienone is 1. The summed E-state index contributed by atoms with van der Waals surface area (Å²) < 4.78 is 0. The minimum absolute atomic E-state index is 0.914. The topological polar surface area (TPSA) is 12.0 Å². The predicted molar refractivity (Wildman–Crippen MR) is 42.5 cm³/mol. The summed E-state index contributed by atoms with van der Waals surface area (Å²) in [6.45, 7) is 7.60. The monoisotopic (exact) mass is 125 g/mol. The van der Waals surface area contributed by atoms with Crippen LogP contribution in [0.2, 0.25) is 0 Å². The van der Waals surface area contributed by atoms with Crippen LogP contribution in [0.3, 0.4) is 0 Å². The Kier molecular flexibility index (Phi) is 6.98. The summed E-state index contributed by atoms with van der Waals surface area (Å²) in [6, 6.07) is 0. The van der Waals surface area contributed by atoms with Crippen molar-refractivity contribution in [2.75, 3.05) is 13.1 Å². The third-order valence-corrected chi connectivity index (χ3v) is 1.01. The Morgan fingerprint density at radius 3 is 2.89 bits per heavy atom. The van der Waals surface area contributed by atoms with E-state index in [0.29, 0.717) is 0 Å². The average molecular weight is 125 g/mol. The molecule has 0 heterocycles. The Morgan fingerprint density at radius 2 is 2.33 bits per heavy atom. The van der Waals surface area contributed by atoms with Crippen LogP contribution >= 0.6 is 0 Å². The molecule has 0 aliphatic rings. The quantitative estimate of drug-likeness (QED) is 0.436. The molecule has 0 fully saturated rings. The fourth-order valence-corrected chi connectivity index (χ4v) is 0.556. The van der Waals surface area contributed by atoms with Gasteiger partial charge in [-0.2, -0.15) is 0 Å². The highest BCUT2D eigenvalue weighted by molar-refractivity contribution is 4.78. The second-order valence-electron chi connectivity index (χ2n) is 1.85. The molecule has 0 atom stereocenters. The van der Waals surface area contributed by atoms with Crippen LogP contribution in [0, 0.1) is 0 Å². The lowest BCUT2D eigenvalue weighted by Crippen LogP contribution is -2.13. The minimum Gasteiger partial charge on any atom is -0.313 e. The van der Waals surface area contributed by atoms with Crippen LogP contribution in [0.5, 0.6) is 0 Å². The molecule has 0 aliphatic heterocycles. The Hall–Kier alpha value is -0.560. The van der Waals surface area contributed by atoms with Crippen LogP contribution in [-0.4, -0.2) is 13.1 Å². The number of hydrogen-bond acceptors (Lipinski definition) is 1. The summed E-state index contributed by atoms with van der Waals surface area (Å²) in [5, 5.41) is 3.20. The SMILES string of the molecule is C=CCNCC/C=C/C. The number of nitrogens with one attached hydrogen (secondary N) is 1. The van der Waals surface area contributed by atoms with Crippen molar-refractivity contribution < 1.29 is 0 Å². The van der Waals surface area contributed by atoms with Crippen molar-refractivity contribution in [3.05, 3.63) is 24.8 Å². The lowest BCUT2D eigenvalue weighted by Gasteiger charge is -1.94. The molecule has 0 unspecified atom stereocenters. The lowest BCUT2D eigenvalue weighted by molar-refractivity contribution is 0.757. The summed E-state index contributed by atoms with van der Waals surface area (Å²) in [7, 11) is 0. The maximum absolute atomic E-state index is 3.60. The molecule has 1 heteroatoms. The summed E-state index contributed by atoms with van der Waals surface area (Å²) in [6.07, 6.45) is 7.20. The van der Waals surface area contributed by atoms with E-state index in [1.807, 2.05) is 13.0 Å². The van der Waals surface area contributed by atoms with Gasteiger partial charge in [-0.25, -0.2) is 0 Å². The Labute approximate surface area is 57.5 Å². The Balaban J connectivity index is 2.82. The van der Waals surface area contributed by atoms with Crippen molar-refractivity contribution in [3.63, 3.8) is 0 Å². The normalized spacial score (nSPS) is 10.3. The van der Waals surface area contributed by atoms with Crippen LogP contribution in [0.15, 0.2) is 24.8 Å². The van der Waals surface area contributed by atoms with Crippen molar-refractivity contribution in [2.24, 2.45) is 0 Å². The van der Waals surface area contributed by atoms with Gasteiger partial charge in [0.25, 0.3) is 0 Å². The van der Waals surface area contributed by atoms with E-state index in [2.05, 4.69) is 24.0 Å². The third kappa shape index (κ3) is 7.44. The van der Waals surface area contributed by atoms with E-state index in [0.717, 1.165) is 19.5 Å². The zero-order chi connectivity index (χ0) is 6.95. The van der Waals surface area contributed by atoms with Crippen molar-refractivity contribution in [1.29, 1.82) is 0 Å². The lowest BCUT2D eigenvalue weighted by atomic mass is 10.4. The fraction of sp³-hybridized carbons (Fsp3) is 0.500. The van der Waals surface area contributed by atoms with Gasteiger partial charge in [0.05, 0.1) is 0 Å². The second-order valence-corrected chi connectivity index (χ2v) is 1.85. The third-order valence-electron chi connectivity index (χ3n) is 1.01. The molecule has 0 saturated carbocycles. The Morgan fingerprint density at radius 1 is 1.56 bits per heavy atom. The standard InChI is InChI=1S/C8H15N/c1-3-5-6-8-9-7-4-2/h3-5,9H,2,6-8H2,1H3/b5-3+. The van der Waals surface area contributed by atoms with E-state index in [4.69, 9.17) is 0 Å². The van der Waals surface area contributed by atoms with E-state index >= 15 is 0 Å². The van der Waals surface area contributed by atoms with Gasteiger partial charge in [-0.1, -0.05) is 18.2 Å². The van der Waals surface area contributed by atoms with E-state index in [1.54, 1.807) is 0 Å². The van der Waals surface area contributed by atoms with E-state index < -0.39 is 0 Å². The first-order chi connectivity index (χ1) is 4.41. The maximum Gasteiger partial charge on any atom is 0.0132 e. The van der Waals surface area contributed by atoms with Gasteiger partial charge in [0, 0.05) is 6.54 Å². The van der Waals surface area contributed by atoms with Crippen molar-refractivity contribution in [2.45, 2.75) is 13.3 Å². The first kappa shape index (κ1) is 8.44. The second kappa shape index (κ2) is 7.44. The highest BCUT2D eigenvalue weighted by Gasteiger charge is 1.77. The molecule has 52 valence electrons. The first-order valence-corrected chi connectivity index (χ1v) is 3.34. The highest BCUT2D eigenvalue weighted by atomic mass is 14.8. The smallest absolute Gasteiger partial charge is 0.0132 e. The van der Waals surface area contributed by atoms with Crippen LogP contribution < -0.4 is 5.32 Å². The van der Waals surface area contributed by atoms with Gasteiger partial charge in [-0.15, -0.1) is 6.58 Å². The van der Waals surface area contributed by atoms with Gasteiger partial charge >= 0.3 is 0 Å². The molecule has 0 saturated heterocycles. The van der Waals surface area contributed by atoms with E-state index in [9.17, 15) is 0 Å². The first-order valence-electron chi connectivity index (χ1n) is 3.34. The van der Waals surface area contributed by atoms with Crippen LogP contribution in [0.1, 0.15) is 13.3 Å². The van der Waals surface area contributed by atoms with Gasteiger partial charge in [0.2, 0.25) is 0 Å². The highest BCUT2D eigenvalue weighted by Crippen LogP contribution is 1.77. The zero-order valence-corrected chi connectivity index (χ0v) is 6.06. The van der Waals surface area contributed by atoms with Gasteiger partial charge in [0.15, 0.2) is 0 Å². The van der Waals surface area contributed by atoms with E-state index in [1.165, 1.54) is 0 Å². The van der Waals surface area contributed by atoms with Crippen molar-refractivity contribution in [3.8, 4) is 0 Å². The predicted octanol–water partition coefficient (Wildman–Crippen LogP) is 1.73. The molecule has 1 N–H and O–H groups in total. The number of rotatable bonds is 5. The molecule has 0 rings (SSSR count). The fourth-order valence-electron chi connectivity index (χ4n) is 0.556. The summed E-state index contributed by atoms with van der Waals surface area (Å²) >= 11 is 0. The van der Waals surface area contributed by atoms with E-state index in [-0.39, 0.29) is 0 Å². The molecule has 0 bridgehead atoms. The van der Waals surface area contributed by atoms with Gasteiger partial charge in [-0.3, -0.25) is 0 Å². The van der Waals surface area contributed by atoms with Crippen LogP contribution in [0.4, 0.5) is 0 Å². The van der Waals surface area contributed by atoms with Gasteiger partial charge < -0.3 is 5.32 Å². The molecule has 0 aromatic heterocycles. The summed E-state index contributed by atoms with van der Waals surface area (Å²) in [5.41, 5.74) is 0. The molecular weight excluding hydrogens is 110 g/mol. The van der Waals surface area contributed by atoms with Gasteiger partial charge in [0.1, 0.15) is 0 Å². The summed E-state index contributed by atoms with van der Waals surface area (Å²) in [4.78, 5) is 0. The Bertz CT molecular complexity index is 84.6. The molecular formula is C8H15N. The zero-order valence-electron chi connectivity index (χ0n) is 6.06. The maximum atomic E-state index is 3.60. The average Bonchev–Trinajstić information content (AvgIpc) is 1.89. The molecule has 1 nitrogen and oxygen atoms in total. The van der Waals surface area contributed by atoms with Crippen molar-refractivity contribution >= 4 is 0 Å². The number of hydrogen-bond donors (Lipinski definition) is 1. The molecule has 0 aromatic carbocycles. The minimum atomic E-state index is 0.914. The molecule has 9 heavy (non-hydrogen) atoms. The molecule has 0 aromatic rings. The summed E-state index contributed by atoms with van der Waals surface area (Å²) in [5.74, 6) is 0.